The van der Waals surface area contributed by atoms with Crippen molar-refractivity contribution < 1.29 is 89.4 Å². The number of aliphatic hydroxyl groups is 11. The quantitative estimate of drug-likeness (QED) is 0.0199. The number of hydrogen-bond acceptors (Lipinski definition) is 18. The van der Waals surface area contributed by atoms with Crippen molar-refractivity contribution in [3.8, 4) is 0 Å². The van der Waals surface area contributed by atoms with Gasteiger partial charge in [0.25, 0.3) is 0 Å². The predicted octanol–water partition coefficient (Wildman–Crippen LogP) is 16.4. The highest BCUT2D eigenvalue weighted by Crippen LogP contribution is 2.33. The number of amides is 1. The Labute approximate surface area is 650 Å². The van der Waals surface area contributed by atoms with Gasteiger partial charge in [-0.25, -0.2) is 0 Å². The average Bonchev–Trinajstić information content (AvgIpc) is 0.781. The van der Waals surface area contributed by atoms with Crippen LogP contribution < -0.4 is 5.32 Å². The van der Waals surface area contributed by atoms with E-state index in [1.807, 2.05) is 6.08 Å². The summed E-state index contributed by atoms with van der Waals surface area (Å²) in [5.74, 6) is -0.283. The first-order chi connectivity index (χ1) is 52.3. The second kappa shape index (κ2) is 68.2. The fourth-order valence-corrected chi connectivity index (χ4v) is 15.0. The molecule has 0 radical (unpaired) electrons. The van der Waals surface area contributed by atoms with Gasteiger partial charge in [-0.3, -0.25) is 4.79 Å². The highest BCUT2D eigenvalue weighted by molar-refractivity contribution is 5.76. The Morgan fingerprint density at radius 3 is 0.935 bits per heavy atom. The van der Waals surface area contributed by atoms with Crippen LogP contribution in [0.25, 0.3) is 0 Å². The Balaban J connectivity index is 1.36. The van der Waals surface area contributed by atoms with Gasteiger partial charge in [0.15, 0.2) is 18.9 Å². The molecule has 0 aromatic heterocycles. The molecule has 3 fully saturated rings. The molecular formula is C88H163NO18. The Bertz CT molecular complexity index is 2120. The smallest absolute Gasteiger partial charge is 0.220 e. The largest absolute Gasteiger partial charge is 0.394 e. The SMILES string of the molecule is CCCCCCCCCC/C=C\CCCCCCCCCCCCCCCCCCCC(=O)NC(COC1OC(CO)C(OC2OC(CO)C(OC3OC(CO)C(O)C(O)C3O)C(O)C2O)C(O)C1O)C(O)/C=C/CC/C=C/CC/C=C/CCCCCCCCCCCCCCCCCCCCCCCCC. The van der Waals surface area contributed by atoms with Crippen molar-refractivity contribution in [1.29, 1.82) is 0 Å². The highest BCUT2D eigenvalue weighted by Gasteiger charge is 2.54. The van der Waals surface area contributed by atoms with Gasteiger partial charge >= 0.3 is 0 Å². The van der Waals surface area contributed by atoms with Gasteiger partial charge in [-0.2, -0.15) is 0 Å². The molecule has 3 rings (SSSR count). The number of aliphatic hydroxyl groups excluding tert-OH is 11. The number of carbonyl (C=O) groups excluding carboxylic acids is 1. The van der Waals surface area contributed by atoms with Crippen molar-refractivity contribution >= 4 is 5.91 Å². The summed E-state index contributed by atoms with van der Waals surface area (Å²) in [6.07, 6.45) is 61.3. The molecule has 19 nitrogen and oxygen atoms in total. The number of hydrogen-bond donors (Lipinski definition) is 12. The van der Waals surface area contributed by atoms with E-state index in [9.17, 15) is 61.0 Å². The van der Waals surface area contributed by atoms with Crippen molar-refractivity contribution in [2.45, 2.75) is 478 Å². The molecule has 19 heteroatoms. The van der Waals surface area contributed by atoms with Gasteiger partial charge in [0.2, 0.25) is 5.91 Å². The lowest BCUT2D eigenvalue weighted by Crippen LogP contribution is -2.66. The van der Waals surface area contributed by atoms with Gasteiger partial charge in [-0.1, -0.05) is 345 Å². The lowest BCUT2D eigenvalue weighted by Gasteiger charge is -2.48. The van der Waals surface area contributed by atoms with E-state index in [-0.39, 0.29) is 18.9 Å². The minimum atomic E-state index is -1.98. The first-order valence-electron chi connectivity index (χ1n) is 44.4. The maximum atomic E-state index is 13.5. The van der Waals surface area contributed by atoms with Gasteiger partial charge in [-0.15, -0.1) is 0 Å². The number of unbranched alkanes of at least 4 members (excludes halogenated alkanes) is 50. The highest BCUT2D eigenvalue weighted by atomic mass is 16.8. The van der Waals surface area contributed by atoms with E-state index in [0.717, 1.165) is 44.9 Å². The average molecular weight is 1520 g/mol. The lowest BCUT2D eigenvalue weighted by atomic mass is 9.96. The molecule has 3 aliphatic rings. The molecule has 17 unspecified atom stereocenters. The fraction of sp³-hybridized carbons (Fsp3) is 0.898. The monoisotopic (exact) mass is 1520 g/mol. The standard InChI is InChI=1S/C88H163NO18/c1-3-5-7-9-11-13-15-17-19-21-23-25-27-29-31-33-34-35-36-38-39-41-43-45-47-49-51-53-55-57-59-61-63-65-72(93)71(89-76(94)66-64-62-60-58-56-54-52-50-48-46-44-42-40-37-32-30-28-26-24-22-20-18-16-14-12-10-8-6-4-2)70-102-86-82(100)79(97)84(74(68-91)104-86)107-88-83(101)80(98)85(75(69-92)105-88)106-87-81(99)78(96)77(95)73(67-90)103-87/h22,24,47,49,55,57,63,65,71-75,77-88,90-93,95-101H,3-21,23,25-46,48,50-54,56,58-62,64,66-70H2,1-2H3,(H,89,94)/b24-22-,49-47+,57-55+,65-63+. The van der Waals surface area contributed by atoms with Crippen LogP contribution in [0.5, 0.6) is 0 Å². The van der Waals surface area contributed by atoms with Crippen LogP contribution in [-0.2, 0) is 33.2 Å². The zero-order valence-corrected chi connectivity index (χ0v) is 67.6. The third-order valence-corrected chi connectivity index (χ3v) is 22.1. The van der Waals surface area contributed by atoms with E-state index in [1.165, 1.54) is 295 Å². The molecule has 0 saturated carbocycles. The summed E-state index contributed by atoms with van der Waals surface area (Å²) in [7, 11) is 0. The summed E-state index contributed by atoms with van der Waals surface area (Å²) in [6, 6.07) is -0.999. The zero-order valence-electron chi connectivity index (χ0n) is 67.6. The van der Waals surface area contributed by atoms with Crippen molar-refractivity contribution in [1.82, 2.24) is 5.32 Å². The summed E-state index contributed by atoms with van der Waals surface area (Å²) < 4.78 is 34.5. The van der Waals surface area contributed by atoms with Crippen molar-refractivity contribution in [2.75, 3.05) is 26.4 Å². The topological polar surface area (TPSA) is 307 Å². The molecule has 0 aliphatic carbocycles. The number of carbonyl (C=O) groups is 1. The third-order valence-electron chi connectivity index (χ3n) is 22.1. The van der Waals surface area contributed by atoms with E-state index in [2.05, 4.69) is 55.6 Å². The van der Waals surface area contributed by atoms with Crippen LogP contribution in [0.3, 0.4) is 0 Å². The number of ether oxygens (including phenoxy) is 6. The van der Waals surface area contributed by atoms with Gasteiger partial charge in [-0.05, 0) is 70.6 Å². The molecular weight excluding hydrogens is 1360 g/mol. The summed E-state index contributed by atoms with van der Waals surface area (Å²) in [5.41, 5.74) is 0. The Morgan fingerprint density at radius 2 is 0.598 bits per heavy atom. The first kappa shape index (κ1) is 98.9. The van der Waals surface area contributed by atoms with Gasteiger partial charge in [0, 0.05) is 6.42 Å². The van der Waals surface area contributed by atoms with Crippen LogP contribution in [0.4, 0.5) is 0 Å². The maximum absolute atomic E-state index is 13.5. The van der Waals surface area contributed by atoms with Gasteiger partial charge < -0.3 is 89.9 Å². The minimum absolute atomic E-state index is 0.234. The van der Waals surface area contributed by atoms with Gasteiger partial charge in [0.05, 0.1) is 38.6 Å². The van der Waals surface area contributed by atoms with Crippen LogP contribution >= 0.6 is 0 Å². The van der Waals surface area contributed by atoms with Gasteiger partial charge in [0.1, 0.15) is 73.2 Å². The molecule has 12 N–H and O–H groups in total. The molecule has 3 saturated heterocycles. The molecule has 0 aromatic rings. The van der Waals surface area contributed by atoms with Crippen LogP contribution in [0.15, 0.2) is 48.6 Å². The van der Waals surface area contributed by atoms with E-state index in [1.54, 1.807) is 6.08 Å². The second-order valence-electron chi connectivity index (χ2n) is 31.7. The predicted molar refractivity (Wildman–Crippen MR) is 429 cm³/mol. The first-order valence-corrected chi connectivity index (χ1v) is 44.4. The summed E-state index contributed by atoms with van der Waals surface area (Å²) in [6.45, 7) is 1.77. The Hall–Kier alpha value is -2.25. The molecule has 0 bridgehead atoms. The number of rotatable bonds is 72. The zero-order chi connectivity index (χ0) is 77.4. The molecule has 17 atom stereocenters. The van der Waals surface area contributed by atoms with Crippen LogP contribution in [-0.4, -0.2) is 193 Å². The van der Waals surface area contributed by atoms with Crippen LogP contribution in [0.1, 0.15) is 373 Å². The molecule has 628 valence electrons. The summed E-state index contributed by atoms with van der Waals surface area (Å²) >= 11 is 0. The van der Waals surface area contributed by atoms with E-state index in [4.69, 9.17) is 28.4 Å². The molecule has 107 heavy (non-hydrogen) atoms. The molecule has 3 heterocycles. The molecule has 0 spiro atoms. The molecule has 1 amide bonds. The Kier molecular flexibility index (Phi) is 63.0. The van der Waals surface area contributed by atoms with Crippen LogP contribution in [0.2, 0.25) is 0 Å². The fourth-order valence-electron chi connectivity index (χ4n) is 15.0. The van der Waals surface area contributed by atoms with Crippen molar-refractivity contribution in [2.24, 2.45) is 0 Å². The molecule has 3 aliphatic heterocycles. The third kappa shape index (κ3) is 47.3. The van der Waals surface area contributed by atoms with Crippen molar-refractivity contribution in [3.05, 3.63) is 48.6 Å². The van der Waals surface area contributed by atoms with E-state index >= 15 is 0 Å². The summed E-state index contributed by atoms with van der Waals surface area (Å²) in [5, 5.41) is 121. The second-order valence-corrected chi connectivity index (χ2v) is 31.7. The number of allylic oxidation sites excluding steroid dienone is 7. The maximum Gasteiger partial charge on any atom is 0.220 e. The minimum Gasteiger partial charge on any atom is -0.394 e. The summed E-state index contributed by atoms with van der Waals surface area (Å²) in [4.78, 5) is 13.5. The molecule has 0 aromatic carbocycles. The van der Waals surface area contributed by atoms with Crippen molar-refractivity contribution in [3.63, 3.8) is 0 Å². The Morgan fingerprint density at radius 1 is 0.327 bits per heavy atom. The van der Waals surface area contributed by atoms with E-state index in [0.29, 0.717) is 12.8 Å². The normalized spacial score (nSPS) is 25.7. The number of nitrogens with one attached hydrogen (secondary N) is 1. The van der Waals surface area contributed by atoms with Crippen LogP contribution in [0, 0.1) is 0 Å². The lowest BCUT2D eigenvalue weighted by molar-refractivity contribution is -0.379. The van der Waals surface area contributed by atoms with E-state index < -0.39 is 124 Å².